The number of fused-ring (bicyclic) bond motifs is 1. The van der Waals surface area contributed by atoms with Gasteiger partial charge in [-0.15, -0.1) is 0 Å². The Bertz CT molecular complexity index is 1090. The van der Waals surface area contributed by atoms with Crippen molar-refractivity contribution in [2.24, 2.45) is 0 Å². The molecule has 2 aromatic heterocycles. The number of nitrogens with two attached hydrogens (primary N) is 1. The Kier molecular flexibility index (Phi) is 4.73. The van der Waals surface area contributed by atoms with Crippen LogP contribution in [0.3, 0.4) is 0 Å². The van der Waals surface area contributed by atoms with E-state index in [1.165, 1.54) is 30.1 Å². The third-order valence-electron chi connectivity index (χ3n) is 5.39. The van der Waals surface area contributed by atoms with E-state index in [0.717, 1.165) is 18.2 Å². The van der Waals surface area contributed by atoms with Crippen LogP contribution in [0.25, 0.3) is 11.0 Å². The predicted octanol–water partition coefficient (Wildman–Crippen LogP) is 1.78. The van der Waals surface area contributed by atoms with Crippen molar-refractivity contribution in [3.05, 3.63) is 54.0 Å². The fraction of sp³-hybridized carbons (Fsp3) is 0.368. The molecule has 11 heteroatoms. The van der Waals surface area contributed by atoms with Crippen molar-refractivity contribution in [1.29, 1.82) is 0 Å². The van der Waals surface area contributed by atoms with Crippen molar-refractivity contribution in [2.45, 2.75) is 43.2 Å². The van der Waals surface area contributed by atoms with Crippen molar-refractivity contribution < 1.29 is 33.2 Å². The number of alkyl halides is 3. The summed E-state index contributed by atoms with van der Waals surface area (Å²) in [4.78, 5) is 7.98. The molecule has 5 atom stereocenters. The molecule has 1 saturated heterocycles. The molecule has 0 radical (unpaired) electrons. The molecule has 8 nitrogen and oxygen atoms in total. The zero-order valence-electron chi connectivity index (χ0n) is 15.7. The summed E-state index contributed by atoms with van der Waals surface area (Å²) < 4.78 is 46.2. The Morgan fingerprint density at radius 3 is 2.70 bits per heavy atom. The molecule has 3 aromatic rings. The number of hydrogen-bond acceptors (Lipinski definition) is 7. The number of hydrogen-bond donors (Lipinski definition) is 4. The van der Waals surface area contributed by atoms with Crippen LogP contribution in [0.15, 0.2) is 42.9 Å². The summed E-state index contributed by atoms with van der Waals surface area (Å²) in [6, 6.07) is 5.70. The van der Waals surface area contributed by atoms with Gasteiger partial charge in [0.15, 0.2) is 6.23 Å². The standard InChI is InChI=1S/C19H19F3N4O4/c1-18(29)13(28)17(26-6-5-11-15(23)24-8-25-16(11)26)30-14(18)12(27)9-3-2-4-10(7-9)19(20,21)22/h2-8,12-14,17,27-29H,1H3,(H2,23,24,25)/t12?,13-,14+,17+,18-/m0/s1. The predicted molar refractivity (Wildman–Crippen MR) is 98.9 cm³/mol. The first-order valence-electron chi connectivity index (χ1n) is 9.00. The van der Waals surface area contributed by atoms with Crippen molar-refractivity contribution in [1.82, 2.24) is 14.5 Å². The van der Waals surface area contributed by atoms with E-state index in [2.05, 4.69) is 9.97 Å². The molecule has 0 saturated carbocycles. The number of ether oxygens (including phenoxy) is 1. The van der Waals surface area contributed by atoms with E-state index in [1.807, 2.05) is 0 Å². The number of aliphatic hydroxyl groups excluding tert-OH is 2. The van der Waals surface area contributed by atoms with Gasteiger partial charge in [-0.3, -0.25) is 0 Å². The Morgan fingerprint density at radius 2 is 2.00 bits per heavy atom. The fourth-order valence-electron chi connectivity index (χ4n) is 3.70. The molecule has 1 fully saturated rings. The van der Waals surface area contributed by atoms with Gasteiger partial charge in [0, 0.05) is 6.20 Å². The first-order valence-corrected chi connectivity index (χ1v) is 9.00. The first kappa shape index (κ1) is 20.5. The topological polar surface area (TPSA) is 127 Å². The SMILES string of the molecule is C[C@@]1(O)[C@@H](C(O)c2cccc(C(F)(F)F)c2)O[C@@H](n2ccc3c(N)ncnc32)[C@@H]1O. The zero-order chi connectivity index (χ0) is 21.8. The first-order chi connectivity index (χ1) is 14.0. The van der Waals surface area contributed by atoms with Crippen LogP contribution < -0.4 is 5.73 Å². The van der Waals surface area contributed by atoms with E-state index in [0.29, 0.717) is 11.0 Å². The maximum atomic E-state index is 13.0. The van der Waals surface area contributed by atoms with Gasteiger partial charge in [0.2, 0.25) is 0 Å². The molecular weight excluding hydrogens is 405 g/mol. The van der Waals surface area contributed by atoms with E-state index in [9.17, 15) is 28.5 Å². The summed E-state index contributed by atoms with van der Waals surface area (Å²) in [6.07, 6.45) is -7.59. The lowest BCUT2D eigenvalue weighted by Gasteiger charge is -2.30. The second-order valence-corrected chi connectivity index (χ2v) is 7.41. The molecule has 3 heterocycles. The molecule has 30 heavy (non-hydrogen) atoms. The van der Waals surface area contributed by atoms with Crippen molar-refractivity contribution in [3.63, 3.8) is 0 Å². The highest BCUT2D eigenvalue weighted by atomic mass is 19.4. The van der Waals surface area contributed by atoms with E-state index >= 15 is 0 Å². The van der Waals surface area contributed by atoms with E-state index in [1.54, 1.807) is 6.07 Å². The summed E-state index contributed by atoms with van der Waals surface area (Å²) in [5, 5.41) is 32.8. The monoisotopic (exact) mass is 424 g/mol. The third-order valence-corrected chi connectivity index (χ3v) is 5.39. The largest absolute Gasteiger partial charge is 0.416 e. The smallest absolute Gasteiger partial charge is 0.386 e. The van der Waals surface area contributed by atoms with Crippen molar-refractivity contribution >= 4 is 16.9 Å². The van der Waals surface area contributed by atoms with Gasteiger partial charge in [0.1, 0.15) is 41.7 Å². The normalized spacial score (nSPS) is 28.2. The van der Waals surface area contributed by atoms with Gasteiger partial charge < -0.3 is 30.4 Å². The number of halogens is 3. The van der Waals surface area contributed by atoms with Gasteiger partial charge in [-0.25, -0.2) is 9.97 Å². The molecule has 0 amide bonds. The summed E-state index contributed by atoms with van der Waals surface area (Å²) >= 11 is 0. The second kappa shape index (κ2) is 6.91. The Morgan fingerprint density at radius 1 is 1.27 bits per heavy atom. The van der Waals surface area contributed by atoms with Gasteiger partial charge in [0.05, 0.1) is 10.9 Å². The summed E-state index contributed by atoms with van der Waals surface area (Å²) in [6.45, 7) is 1.24. The highest BCUT2D eigenvalue weighted by Gasteiger charge is 2.56. The number of benzene rings is 1. The number of nitrogens with zero attached hydrogens (tertiary/aromatic N) is 3. The number of nitrogen functional groups attached to an aromatic ring is 1. The van der Waals surface area contributed by atoms with Gasteiger partial charge in [-0.05, 0) is 30.7 Å². The third kappa shape index (κ3) is 3.19. The maximum absolute atomic E-state index is 13.0. The minimum atomic E-state index is -4.60. The summed E-state index contributed by atoms with van der Waals surface area (Å²) in [7, 11) is 0. The molecule has 5 N–H and O–H groups in total. The second-order valence-electron chi connectivity index (χ2n) is 7.41. The maximum Gasteiger partial charge on any atom is 0.416 e. The molecular formula is C19H19F3N4O4. The van der Waals surface area contributed by atoms with Crippen LogP contribution in [0.5, 0.6) is 0 Å². The molecule has 0 bridgehead atoms. The molecule has 1 aromatic carbocycles. The average Bonchev–Trinajstić information content (AvgIpc) is 3.21. The van der Waals surface area contributed by atoms with Gasteiger partial charge in [-0.1, -0.05) is 12.1 Å². The van der Waals surface area contributed by atoms with Crippen LogP contribution >= 0.6 is 0 Å². The van der Waals surface area contributed by atoms with E-state index in [4.69, 9.17) is 10.5 Å². The zero-order valence-corrected chi connectivity index (χ0v) is 15.7. The Labute approximate surface area is 168 Å². The van der Waals surface area contributed by atoms with Crippen molar-refractivity contribution in [3.8, 4) is 0 Å². The van der Waals surface area contributed by atoms with Crippen LogP contribution in [0.2, 0.25) is 0 Å². The molecule has 4 rings (SSSR count). The number of aliphatic hydroxyl groups is 3. The number of aromatic nitrogens is 3. The van der Waals surface area contributed by atoms with Gasteiger partial charge in [0.25, 0.3) is 0 Å². The van der Waals surface area contributed by atoms with Crippen LogP contribution in [-0.4, -0.2) is 47.7 Å². The molecule has 1 aliphatic heterocycles. The van der Waals surface area contributed by atoms with Crippen LogP contribution in [0, 0.1) is 0 Å². The number of anilines is 1. The highest BCUT2D eigenvalue weighted by molar-refractivity contribution is 5.86. The van der Waals surface area contributed by atoms with Crippen molar-refractivity contribution in [2.75, 3.05) is 5.73 Å². The highest BCUT2D eigenvalue weighted by Crippen LogP contribution is 2.44. The summed E-state index contributed by atoms with van der Waals surface area (Å²) in [5.74, 6) is 0.207. The van der Waals surface area contributed by atoms with Crippen LogP contribution in [0.1, 0.15) is 30.4 Å². The Balaban J connectivity index is 1.69. The molecule has 1 unspecified atom stereocenters. The van der Waals surface area contributed by atoms with Crippen LogP contribution in [-0.2, 0) is 10.9 Å². The number of rotatable bonds is 3. The van der Waals surface area contributed by atoms with E-state index < -0.39 is 41.9 Å². The summed E-state index contributed by atoms with van der Waals surface area (Å²) in [5.41, 5.74) is 3.11. The lowest BCUT2D eigenvalue weighted by atomic mass is 9.88. The lowest BCUT2D eigenvalue weighted by Crippen LogP contribution is -2.47. The van der Waals surface area contributed by atoms with Gasteiger partial charge in [-0.2, -0.15) is 13.2 Å². The average molecular weight is 424 g/mol. The quantitative estimate of drug-likeness (QED) is 0.505. The Hall–Kier alpha value is -2.73. The van der Waals surface area contributed by atoms with Crippen LogP contribution in [0.4, 0.5) is 19.0 Å². The fourth-order valence-corrected chi connectivity index (χ4v) is 3.70. The molecule has 160 valence electrons. The minimum Gasteiger partial charge on any atom is -0.386 e. The lowest BCUT2D eigenvalue weighted by molar-refractivity contribution is -0.138. The molecule has 0 aliphatic carbocycles. The van der Waals surface area contributed by atoms with E-state index in [-0.39, 0.29) is 11.4 Å². The minimum absolute atomic E-state index is 0.105. The molecule has 1 aliphatic rings. The van der Waals surface area contributed by atoms with Gasteiger partial charge >= 0.3 is 6.18 Å². The molecule has 0 spiro atoms.